The molecular weight excluding hydrogens is 378 g/mol. The van der Waals surface area contributed by atoms with Crippen molar-refractivity contribution in [1.29, 1.82) is 5.26 Å². The van der Waals surface area contributed by atoms with Crippen LogP contribution in [0.4, 0.5) is 0 Å². The number of nitriles is 1. The molecule has 146 valence electrons. The number of rotatable bonds is 5. The Balaban J connectivity index is 1.83. The normalized spacial score (nSPS) is 13.6. The van der Waals surface area contributed by atoms with E-state index in [4.69, 9.17) is 9.72 Å². The van der Waals surface area contributed by atoms with E-state index >= 15 is 0 Å². The first-order chi connectivity index (χ1) is 14.2. The number of thioether (sulfide) groups is 1. The van der Waals surface area contributed by atoms with Crippen LogP contribution < -0.4 is 4.74 Å². The quantitative estimate of drug-likeness (QED) is 0.569. The molecule has 0 aliphatic carbocycles. The number of hydrogen-bond donors (Lipinski definition) is 0. The molecule has 1 aromatic heterocycles. The third-order valence-corrected chi connectivity index (χ3v) is 6.24. The van der Waals surface area contributed by atoms with Crippen LogP contribution in [0.25, 0.3) is 11.1 Å². The number of methoxy groups -OCH3 is 1. The molecule has 1 aliphatic heterocycles. The molecule has 29 heavy (non-hydrogen) atoms. The van der Waals surface area contributed by atoms with Gasteiger partial charge in [-0.05, 0) is 35.9 Å². The zero-order valence-electron chi connectivity index (χ0n) is 16.7. The maximum atomic E-state index is 10.1. The van der Waals surface area contributed by atoms with Gasteiger partial charge in [0, 0.05) is 36.5 Å². The Morgan fingerprint density at radius 1 is 1.17 bits per heavy atom. The Hall–Kier alpha value is -2.81. The van der Waals surface area contributed by atoms with Crippen LogP contribution in [-0.4, -0.2) is 30.6 Å². The summed E-state index contributed by atoms with van der Waals surface area (Å²) in [5.41, 5.74) is 6.16. The van der Waals surface area contributed by atoms with E-state index in [-0.39, 0.29) is 0 Å². The van der Waals surface area contributed by atoms with Crippen molar-refractivity contribution in [3.05, 3.63) is 77.0 Å². The van der Waals surface area contributed by atoms with Crippen molar-refractivity contribution in [1.82, 2.24) is 9.88 Å². The van der Waals surface area contributed by atoms with E-state index in [0.717, 1.165) is 58.4 Å². The zero-order valence-corrected chi connectivity index (χ0v) is 17.5. The summed E-state index contributed by atoms with van der Waals surface area (Å²) in [5.74, 6) is 1.58. The SMILES string of the molecule is COc1cccc(-c2c(C#N)c(SCc3ccccc3)nc3c2CN(C)CC3)c1. The highest BCUT2D eigenvalue weighted by Crippen LogP contribution is 2.38. The first kappa shape index (κ1) is 19.5. The van der Waals surface area contributed by atoms with Gasteiger partial charge in [-0.2, -0.15) is 5.26 Å². The molecule has 4 rings (SSSR count). The number of likely N-dealkylation sites (N-methyl/N-ethyl adjacent to an activating group) is 1. The second kappa shape index (κ2) is 8.69. The Kier molecular flexibility index (Phi) is 5.84. The third kappa shape index (κ3) is 4.14. The molecule has 0 amide bonds. The fraction of sp³-hybridized carbons (Fsp3) is 0.250. The summed E-state index contributed by atoms with van der Waals surface area (Å²) in [6.07, 6.45) is 0.896. The van der Waals surface area contributed by atoms with Gasteiger partial charge in [0.1, 0.15) is 16.8 Å². The lowest BCUT2D eigenvalue weighted by molar-refractivity contribution is 0.309. The van der Waals surface area contributed by atoms with Crippen LogP contribution in [0.5, 0.6) is 5.75 Å². The predicted octanol–water partition coefficient (Wildman–Crippen LogP) is 4.91. The molecule has 0 saturated carbocycles. The number of hydrogen-bond acceptors (Lipinski definition) is 5. The van der Waals surface area contributed by atoms with E-state index < -0.39 is 0 Å². The van der Waals surface area contributed by atoms with Gasteiger partial charge in [0.05, 0.1) is 12.7 Å². The number of benzene rings is 2. The Morgan fingerprint density at radius 2 is 2.00 bits per heavy atom. The smallest absolute Gasteiger partial charge is 0.119 e. The molecule has 1 aliphatic rings. The Morgan fingerprint density at radius 3 is 2.76 bits per heavy atom. The van der Waals surface area contributed by atoms with E-state index in [1.807, 2.05) is 36.4 Å². The van der Waals surface area contributed by atoms with Crippen LogP contribution in [-0.2, 0) is 18.7 Å². The summed E-state index contributed by atoms with van der Waals surface area (Å²) in [6, 6.07) is 20.7. The first-order valence-corrected chi connectivity index (χ1v) is 10.6. The van der Waals surface area contributed by atoms with Gasteiger partial charge in [0.15, 0.2) is 0 Å². The van der Waals surface area contributed by atoms with E-state index in [1.54, 1.807) is 18.9 Å². The molecule has 0 unspecified atom stereocenters. The average Bonchev–Trinajstić information content (AvgIpc) is 2.77. The van der Waals surface area contributed by atoms with Gasteiger partial charge in [0.2, 0.25) is 0 Å². The van der Waals surface area contributed by atoms with Gasteiger partial charge in [-0.25, -0.2) is 4.98 Å². The van der Waals surface area contributed by atoms with Gasteiger partial charge in [-0.1, -0.05) is 42.5 Å². The largest absolute Gasteiger partial charge is 0.497 e. The predicted molar refractivity (Wildman–Crippen MR) is 117 cm³/mol. The van der Waals surface area contributed by atoms with Crippen molar-refractivity contribution in [3.8, 4) is 22.9 Å². The van der Waals surface area contributed by atoms with Crippen LogP contribution in [0.15, 0.2) is 59.6 Å². The summed E-state index contributed by atoms with van der Waals surface area (Å²) >= 11 is 1.64. The molecule has 0 fully saturated rings. The average molecular weight is 402 g/mol. The van der Waals surface area contributed by atoms with E-state index in [1.165, 1.54) is 5.56 Å². The zero-order chi connectivity index (χ0) is 20.2. The van der Waals surface area contributed by atoms with E-state index in [9.17, 15) is 5.26 Å². The maximum Gasteiger partial charge on any atom is 0.119 e. The maximum absolute atomic E-state index is 10.1. The van der Waals surface area contributed by atoms with E-state index in [0.29, 0.717) is 5.56 Å². The number of fused-ring (bicyclic) bond motifs is 1. The monoisotopic (exact) mass is 401 g/mol. The summed E-state index contributed by atoms with van der Waals surface area (Å²) in [5, 5.41) is 10.9. The Bertz CT molecular complexity index is 1060. The molecule has 0 bridgehead atoms. The van der Waals surface area contributed by atoms with Gasteiger partial charge in [-0.15, -0.1) is 11.8 Å². The molecule has 2 heterocycles. The lowest BCUT2D eigenvalue weighted by Gasteiger charge is -2.28. The molecule has 4 nitrogen and oxygen atoms in total. The third-order valence-electron chi connectivity index (χ3n) is 5.20. The highest BCUT2D eigenvalue weighted by molar-refractivity contribution is 7.98. The summed E-state index contributed by atoms with van der Waals surface area (Å²) in [7, 11) is 3.78. The van der Waals surface area contributed by atoms with Crippen LogP contribution in [0.1, 0.15) is 22.4 Å². The molecule has 0 atom stereocenters. The number of ether oxygens (including phenoxy) is 1. The molecule has 0 saturated heterocycles. The molecule has 0 spiro atoms. The van der Waals surface area contributed by atoms with Crippen LogP contribution in [0.3, 0.4) is 0 Å². The second-order valence-corrected chi connectivity index (χ2v) is 8.16. The Labute approximate surface area is 176 Å². The van der Waals surface area contributed by atoms with Gasteiger partial charge >= 0.3 is 0 Å². The highest BCUT2D eigenvalue weighted by Gasteiger charge is 2.25. The van der Waals surface area contributed by atoms with Crippen molar-refractivity contribution < 1.29 is 4.74 Å². The molecule has 0 N–H and O–H groups in total. The van der Waals surface area contributed by atoms with E-state index in [2.05, 4.69) is 36.2 Å². The van der Waals surface area contributed by atoms with Gasteiger partial charge in [0.25, 0.3) is 0 Å². The van der Waals surface area contributed by atoms with Crippen LogP contribution in [0, 0.1) is 11.3 Å². The summed E-state index contributed by atoms with van der Waals surface area (Å²) < 4.78 is 5.44. The summed E-state index contributed by atoms with van der Waals surface area (Å²) in [6.45, 7) is 1.78. The van der Waals surface area contributed by atoms with Gasteiger partial charge in [-0.3, -0.25) is 0 Å². The molecule has 3 aromatic rings. The minimum absolute atomic E-state index is 0.660. The molecule has 2 aromatic carbocycles. The van der Waals surface area contributed by atoms with Crippen LogP contribution >= 0.6 is 11.8 Å². The van der Waals surface area contributed by atoms with Crippen LogP contribution in [0.2, 0.25) is 0 Å². The van der Waals surface area contributed by atoms with Crippen molar-refractivity contribution in [3.63, 3.8) is 0 Å². The van der Waals surface area contributed by atoms with Crippen molar-refractivity contribution >= 4 is 11.8 Å². The fourth-order valence-electron chi connectivity index (χ4n) is 3.70. The molecular formula is C24H23N3OS. The standard InChI is InChI=1S/C24H23N3OS/c1-27-12-11-22-21(15-27)23(18-9-6-10-19(13-18)28-2)20(14-25)24(26-22)29-16-17-7-4-3-5-8-17/h3-10,13H,11-12,15-16H2,1-2H3. The van der Waals surface area contributed by atoms with Gasteiger partial charge < -0.3 is 9.64 Å². The van der Waals surface area contributed by atoms with Crippen molar-refractivity contribution in [2.75, 3.05) is 20.7 Å². The number of aromatic nitrogens is 1. The highest BCUT2D eigenvalue weighted by atomic mass is 32.2. The first-order valence-electron chi connectivity index (χ1n) is 9.65. The minimum atomic E-state index is 0.660. The molecule has 0 radical (unpaired) electrons. The summed E-state index contributed by atoms with van der Waals surface area (Å²) in [4.78, 5) is 7.23. The van der Waals surface area contributed by atoms with Crippen molar-refractivity contribution in [2.24, 2.45) is 0 Å². The lowest BCUT2D eigenvalue weighted by atomic mass is 9.91. The number of pyridine rings is 1. The molecule has 5 heteroatoms. The fourth-order valence-corrected chi connectivity index (χ4v) is 4.66. The lowest BCUT2D eigenvalue weighted by Crippen LogP contribution is -2.28. The minimum Gasteiger partial charge on any atom is -0.497 e. The van der Waals surface area contributed by atoms with Crippen molar-refractivity contribution in [2.45, 2.75) is 23.7 Å². The second-order valence-electron chi connectivity index (χ2n) is 7.20. The number of nitrogens with zero attached hydrogens (tertiary/aromatic N) is 3. The topological polar surface area (TPSA) is 49.1 Å².